The normalized spacial score (nSPS) is 13.4. The molecular formula is C24H27ClN4O3. The Balaban J connectivity index is 0.000000427. The van der Waals surface area contributed by atoms with Gasteiger partial charge in [-0.25, -0.2) is 4.98 Å². The minimum absolute atomic E-state index is 0.0284. The van der Waals surface area contributed by atoms with Crippen LogP contribution in [0.25, 0.3) is 22.2 Å². The third kappa shape index (κ3) is 5.96. The fourth-order valence-corrected chi connectivity index (χ4v) is 3.69. The molecule has 32 heavy (non-hydrogen) atoms. The Bertz CT molecular complexity index is 1110. The number of pyridine rings is 1. The smallest absolute Gasteiger partial charge is 0.303 e. The highest BCUT2D eigenvalue weighted by Gasteiger charge is 2.19. The number of aromatic nitrogens is 1. The fourth-order valence-electron chi connectivity index (χ4n) is 3.43. The molecule has 4 N–H and O–H groups in total. The molecule has 1 aliphatic heterocycles. The summed E-state index contributed by atoms with van der Waals surface area (Å²) in [6, 6.07) is 14.9. The highest BCUT2D eigenvalue weighted by Crippen LogP contribution is 2.29. The van der Waals surface area contributed by atoms with Gasteiger partial charge >= 0.3 is 5.97 Å². The lowest BCUT2D eigenvalue weighted by molar-refractivity contribution is -0.137. The van der Waals surface area contributed by atoms with Crippen molar-refractivity contribution in [3.63, 3.8) is 0 Å². The van der Waals surface area contributed by atoms with Crippen LogP contribution in [0.2, 0.25) is 5.02 Å². The highest BCUT2D eigenvalue weighted by atomic mass is 35.5. The summed E-state index contributed by atoms with van der Waals surface area (Å²) >= 11 is 6.46. The van der Waals surface area contributed by atoms with Crippen LogP contribution < -0.4 is 11.1 Å². The Morgan fingerprint density at radius 3 is 2.53 bits per heavy atom. The van der Waals surface area contributed by atoms with Gasteiger partial charge in [0.05, 0.1) is 16.2 Å². The molecule has 2 aromatic carbocycles. The van der Waals surface area contributed by atoms with Gasteiger partial charge in [-0.15, -0.1) is 0 Å². The van der Waals surface area contributed by atoms with Crippen LogP contribution in [-0.2, 0) is 4.79 Å². The number of carboxylic acid groups (broad SMARTS) is 1. The van der Waals surface area contributed by atoms with Crippen molar-refractivity contribution in [3.05, 3.63) is 59.1 Å². The summed E-state index contributed by atoms with van der Waals surface area (Å²) in [5, 5.41) is 12.6. The highest BCUT2D eigenvalue weighted by molar-refractivity contribution is 6.35. The molecule has 3 aromatic rings. The van der Waals surface area contributed by atoms with Gasteiger partial charge in [-0.3, -0.25) is 9.59 Å². The van der Waals surface area contributed by atoms with Gasteiger partial charge < -0.3 is 21.1 Å². The predicted octanol–water partition coefficient (Wildman–Crippen LogP) is 4.05. The second-order valence-corrected chi connectivity index (χ2v) is 7.94. The molecule has 0 saturated carbocycles. The number of rotatable bonds is 4. The number of nitrogens with one attached hydrogen (secondary N) is 1. The zero-order chi connectivity index (χ0) is 23.1. The monoisotopic (exact) mass is 454 g/mol. The number of piperazine rings is 1. The maximum atomic E-state index is 12.7. The van der Waals surface area contributed by atoms with Gasteiger partial charge in [-0.1, -0.05) is 36.7 Å². The molecule has 0 unspecified atom stereocenters. The Labute approximate surface area is 192 Å². The number of anilines is 1. The van der Waals surface area contributed by atoms with Crippen molar-refractivity contribution in [1.82, 2.24) is 15.2 Å². The summed E-state index contributed by atoms with van der Waals surface area (Å²) in [5.41, 5.74) is 9.52. The molecule has 1 saturated heterocycles. The number of hydrogen-bond donors (Lipinski definition) is 3. The molecule has 2 heterocycles. The van der Waals surface area contributed by atoms with Crippen molar-refractivity contribution in [3.8, 4) is 11.3 Å². The first kappa shape index (κ1) is 23.5. The number of nitrogen functional groups attached to an aromatic ring is 1. The van der Waals surface area contributed by atoms with E-state index in [9.17, 15) is 9.59 Å². The van der Waals surface area contributed by atoms with Crippen LogP contribution in [0.3, 0.4) is 0 Å². The van der Waals surface area contributed by atoms with E-state index in [-0.39, 0.29) is 5.91 Å². The summed E-state index contributed by atoms with van der Waals surface area (Å²) < 4.78 is 0. The predicted molar refractivity (Wildman–Crippen MR) is 128 cm³/mol. The number of halogens is 1. The minimum Gasteiger partial charge on any atom is -0.481 e. The second kappa shape index (κ2) is 10.9. The maximum absolute atomic E-state index is 12.7. The van der Waals surface area contributed by atoms with E-state index in [0.29, 0.717) is 41.3 Å². The molecule has 168 valence electrons. The maximum Gasteiger partial charge on any atom is 0.303 e. The molecule has 1 aromatic heterocycles. The van der Waals surface area contributed by atoms with Gasteiger partial charge in [0.25, 0.3) is 5.91 Å². The van der Waals surface area contributed by atoms with Gasteiger partial charge in [0.15, 0.2) is 0 Å². The van der Waals surface area contributed by atoms with E-state index in [1.165, 1.54) is 0 Å². The van der Waals surface area contributed by atoms with Crippen LogP contribution >= 0.6 is 11.6 Å². The van der Waals surface area contributed by atoms with Crippen molar-refractivity contribution >= 4 is 40.1 Å². The van der Waals surface area contributed by atoms with Crippen molar-refractivity contribution in [2.24, 2.45) is 0 Å². The molecule has 1 aliphatic rings. The van der Waals surface area contributed by atoms with E-state index in [2.05, 4.69) is 5.32 Å². The van der Waals surface area contributed by atoms with Crippen molar-refractivity contribution in [1.29, 1.82) is 0 Å². The van der Waals surface area contributed by atoms with E-state index < -0.39 is 5.97 Å². The summed E-state index contributed by atoms with van der Waals surface area (Å²) in [4.78, 5) is 28.9. The number of fused-ring (bicyclic) bond motifs is 1. The SMILES string of the molecule is CCCC(=O)O.Nc1cccc(-c2cc(Cl)c3ccc(C(=O)N4CCNCC4)cc3n2)c1. The van der Waals surface area contributed by atoms with Crippen molar-refractivity contribution < 1.29 is 14.7 Å². The molecule has 0 aliphatic carbocycles. The first-order chi connectivity index (χ1) is 15.4. The van der Waals surface area contributed by atoms with E-state index in [4.69, 9.17) is 27.4 Å². The van der Waals surface area contributed by atoms with Crippen LogP contribution in [0.15, 0.2) is 48.5 Å². The molecule has 0 radical (unpaired) electrons. The van der Waals surface area contributed by atoms with Crippen LogP contribution in [0.5, 0.6) is 0 Å². The largest absolute Gasteiger partial charge is 0.481 e. The zero-order valence-corrected chi connectivity index (χ0v) is 18.7. The molecule has 4 rings (SSSR count). The molecular weight excluding hydrogens is 428 g/mol. The number of carbonyl (C=O) groups excluding carboxylic acids is 1. The molecule has 7 nitrogen and oxygen atoms in total. The van der Waals surface area contributed by atoms with Crippen LogP contribution in [-0.4, -0.2) is 53.0 Å². The number of carbonyl (C=O) groups is 2. The fraction of sp³-hybridized carbons (Fsp3) is 0.292. The van der Waals surface area contributed by atoms with Crippen LogP contribution in [0.4, 0.5) is 5.69 Å². The molecule has 1 fully saturated rings. The average Bonchev–Trinajstić information content (AvgIpc) is 2.79. The van der Waals surface area contributed by atoms with Gasteiger partial charge in [-0.05, 0) is 36.8 Å². The summed E-state index contributed by atoms with van der Waals surface area (Å²) in [6.07, 6.45) is 1.02. The second-order valence-electron chi connectivity index (χ2n) is 7.53. The van der Waals surface area contributed by atoms with Crippen LogP contribution in [0, 0.1) is 0 Å². The first-order valence-corrected chi connectivity index (χ1v) is 10.9. The van der Waals surface area contributed by atoms with Gasteiger partial charge in [0.2, 0.25) is 0 Å². The molecule has 0 spiro atoms. The van der Waals surface area contributed by atoms with Gasteiger partial charge in [0.1, 0.15) is 0 Å². The molecule has 0 bridgehead atoms. The third-order valence-corrected chi connectivity index (χ3v) is 5.37. The Hall–Kier alpha value is -3.16. The number of carboxylic acids is 1. The first-order valence-electron chi connectivity index (χ1n) is 10.6. The molecule has 8 heteroatoms. The van der Waals surface area contributed by atoms with Gasteiger partial charge in [0, 0.05) is 54.8 Å². The average molecular weight is 455 g/mol. The Morgan fingerprint density at radius 2 is 1.91 bits per heavy atom. The zero-order valence-electron chi connectivity index (χ0n) is 18.0. The minimum atomic E-state index is -0.711. The standard InChI is InChI=1S/C20H19ClN4O.C4H8O2/c21-17-12-18(13-2-1-3-15(22)10-13)24-19-11-14(4-5-16(17)19)20(26)25-8-6-23-7-9-25;1-2-3-4(5)6/h1-5,10-12,23H,6-9,22H2;2-3H2,1H3,(H,5,6). The lowest BCUT2D eigenvalue weighted by Gasteiger charge is -2.27. The number of benzene rings is 2. The molecule has 1 amide bonds. The summed E-state index contributed by atoms with van der Waals surface area (Å²) in [7, 11) is 0. The van der Waals surface area contributed by atoms with E-state index in [1.54, 1.807) is 0 Å². The van der Waals surface area contributed by atoms with Gasteiger partial charge in [-0.2, -0.15) is 0 Å². The topological polar surface area (TPSA) is 109 Å². The Morgan fingerprint density at radius 1 is 1.16 bits per heavy atom. The molecule has 0 atom stereocenters. The van der Waals surface area contributed by atoms with Crippen molar-refractivity contribution in [2.75, 3.05) is 31.9 Å². The van der Waals surface area contributed by atoms with E-state index in [1.807, 2.05) is 60.4 Å². The number of aliphatic carboxylic acids is 1. The lowest BCUT2D eigenvalue weighted by atomic mass is 10.1. The van der Waals surface area contributed by atoms with E-state index in [0.717, 1.165) is 36.2 Å². The third-order valence-electron chi connectivity index (χ3n) is 5.06. The van der Waals surface area contributed by atoms with Crippen molar-refractivity contribution in [2.45, 2.75) is 19.8 Å². The van der Waals surface area contributed by atoms with Crippen LogP contribution in [0.1, 0.15) is 30.1 Å². The number of nitrogens with zero attached hydrogens (tertiary/aromatic N) is 2. The quantitative estimate of drug-likeness (QED) is 0.513. The number of hydrogen-bond acceptors (Lipinski definition) is 5. The Kier molecular flexibility index (Phi) is 8.03. The summed E-state index contributed by atoms with van der Waals surface area (Å²) in [6.45, 7) is 4.92. The number of amides is 1. The lowest BCUT2D eigenvalue weighted by Crippen LogP contribution is -2.46. The van der Waals surface area contributed by atoms with E-state index >= 15 is 0 Å². The summed E-state index contributed by atoms with van der Waals surface area (Å²) in [5.74, 6) is -0.682. The number of nitrogens with two attached hydrogens (primary N) is 1.